The number of hydrogen-bond donors (Lipinski definition) is 3. The standard InChI is InChI=1S/C52H101NO5/c1-4-7-10-13-16-19-22-24-25-27-29-31-34-37-40-43-48(58-52(57)45-42-39-36-33-30-26-23-20-17-14-11-8-5-2)46-51(56)53-49(47-54)50(55)44-41-38-35-32-28-21-18-15-12-9-6-3/h24-25,48-50,54-55H,4-23,26-47H2,1-3H3,(H,53,56)/b25-24+. The number of amides is 1. The fourth-order valence-corrected chi connectivity index (χ4v) is 8.13. The molecule has 3 N–H and O–H groups in total. The summed E-state index contributed by atoms with van der Waals surface area (Å²) in [6, 6.07) is -0.697. The molecule has 0 spiro atoms. The summed E-state index contributed by atoms with van der Waals surface area (Å²) < 4.78 is 5.93. The molecule has 1 amide bonds. The maximum Gasteiger partial charge on any atom is 0.306 e. The van der Waals surface area contributed by atoms with Crippen molar-refractivity contribution in [1.29, 1.82) is 0 Å². The van der Waals surface area contributed by atoms with Gasteiger partial charge < -0.3 is 20.3 Å². The Balaban J connectivity index is 4.56. The SMILES string of the molecule is CCCCCCCC/C=C/CCCCCCCC(CC(=O)NC(CO)C(O)CCCCCCCCCCCCC)OC(=O)CCCCCCCCCCCCCCC. The maximum atomic E-state index is 13.2. The molecule has 0 fully saturated rings. The quantitative estimate of drug-likeness (QED) is 0.0323. The van der Waals surface area contributed by atoms with Crippen LogP contribution in [0.4, 0.5) is 0 Å². The van der Waals surface area contributed by atoms with Crippen molar-refractivity contribution in [2.45, 2.75) is 302 Å². The second kappa shape index (κ2) is 46.7. The van der Waals surface area contributed by atoms with Crippen molar-refractivity contribution in [2.75, 3.05) is 6.61 Å². The summed E-state index contributed by atoms with van der Waals surface area (Å²) in [6.45, 7) is 6.49. The molecule has 0 aliphatic rings. The maximum absolute atomic E-state index is 13.2. The summed E-state index contributed by atoms with van der Waals surface area (Å²) in [5.74, 6) is -0.465. The lowest BCUT2D eigenvalue weighted by Crippen LogP contribution is -2.46. The average molecular weight is 820 g/mol. The molecule has 0 saturated carbocycles. The molecule has 0 aliphatic carbocycles. The Bertz CT molecular complexity index is 878. The molecule has 0 aromatic carbocycles. The van der Waals surface area contributed by atoms with Gasteiger partial charge in [-0.25, -0.2) is 0 Å². The van der Waals surface area contributed by atoms with Gasteiger partial charge in [-0.3, -0.25) is 9.59 Å². The Kier molecular flexibility index (Phi) is 45.5. The van der Waals surface area contributed by atoms with Crippen molar-refractivity contribution in [1.82, 2.24) is 5.32 Å². The van der Waals surface area contributed by atoms with Gasteiger partial charge in [-0.05, 0) is 51.4 Å². The van der Waals surface area contributed by atoms with Gasteiger partial charge in [0.15, 0.2) is 0 Å². The van der Waals surface area contributed by atoms with Crippen molar-refractivity contribution in [3.05, 3.63) is 12.2 Å². The molecule has 3 unspecified atom stereocenters. The highest BCUT2D eigenvalue weighted by Gasteiger charge is 2.24. The zero-order valence-electron chi connectivity index (χ0n) is 39.2. The largest absolute Gasteiger partial charge is 0.462 e. The molecule has 0 aliphatic heterocycles. The third-order valence-corrected chi connectivity index (χ3v) is 12.1. The van der Waals surface area contributed by atoms with Gasteiger partial charge in [0, 0.05) is 6.42 Å². The van der Waals surface area contributed by atoms with E-state index < -0.39 is 18.2 Å². The number of ether oxygens (including phenoxy) is 1. The van der Waals surface area contributed by atoms with E-state index in [0.717, 1.165) is 57.8 Å². The van der Waals surface area contributed by atoms with E-state index in [2.05, 4.69) is 38.2 Å². The third-order valence-electron chi connectivity index (χ3n) is 12.1. The minimum Gasteiger partial charge on any atom is -0.462 e. The normalized spacial score (nSPS) is 13.3. The van der Waals surface area contributed by atoms with Crippen LogP contribution in [0.3, 0.4) is 0 Å². The summed E-state index contributed by atoms with van der Waals surface area (Å²) >= 11 is 0. The fourth-order valence-electron chi connectivity index (χ4n) is 8.13. The number of nitrogens with one attached hydrogen (secondary N) is 1. The molecule has 6 heteroatoms. The van der Waals surface area contributed by atoms with Gasteiger partial charge in [0.05, 0.1) is 25.2 Å². The Morgan fingerprint density at radius 2 is 0.828 bits per heavy atom. The molecular weight excluding hydrogens is 719 g/mol. The molecule has 0 saturated heterocycles. The number of aliphatic hydroxyl groups is 2. The van der Waals surface area contributed by atoms with Gasteiger partial charge in [-0.1, -0.05) is 232 Å². The van der Waals surface area contributed by atoms with E-state index in [1.165, 1.54) is 180 Å². The topological polar surface area (TPSA) is 95.9 Å². The second-order valence-electron chi connectivity index (χ2n) is 17.9. The minimum atomic E-state index is -0.783. The summed E-state index contributed by atoms with van der Waals surface area (Å²) in [6.07, 6.45) is 51.2. The highest BCUT2D eigenvalue weighted by atomic mass is 16.5. The first kappa shape index (κ1) is 56.6. The summed E-state index contributed by atoms with van der Waals surface area (Å²) in [5.41, 5.74) is 0. The Hall–Kier alpha value is -1.40. The number of hydrogen-bond acceptors (Lipinski definition) is 5. The predicted octanol–water partition coefficient (Wildman–Crippen LogP) is 15.3. The van der Waals surface area contributed by atoms with Gasteiger partial charge in [-0.2, -0.15) is 0 Å². The first-order valence-electron chi connectivity index (χ1n) is 25.9. The van der Waals surface area contributed by atoms with Crippen LogP contribution in [-0.4, -0.2) is 46.9 Å². The van der Waals surface area contributed by atoms with E-state index in [1.807, 2.05) is 0 Å². The lowest BCUT2D eigenvalue weighted by molar-refractivity contribution is -0.151. The van der Waals surface area contributed by atoms with Crippen LogP contribution in [0.15, 0.2) is 12.2 Å². The smallest absolute Gasteiger partial charge is 0.306 e. The highest BCUT2D eigenvalue weighted by Crippen LogP contribution is 2.18. The number of carbonyl (C=O) groups excluding carboxylic acids is 2. The number of carbonyl (C=O) groups is 2. The molecule has 0 aromatic heterocycles. The van der Waals surface area contributed by atoms with Crippen LogP contribution < -0.4 is 5.32 Å². The van der Waals surface area contributed by atoms with Crippen LogP contribution in [0.2, 0.25) is 0 Å². The highest BCUT2D eigenvalue weighted by molar-refractivity contribution is 5.77. The molecule has 0 radical (unpaired) electrons. The molecule has 0 rings (SSSR count). The molecular formula is C52H101NO5. The summed E-state index contributed by atoms with van der Waals surface area (Å²) in [5, 5.41) is 23.7. The van der Waals surface area contributed by atoms with Gasteiger partial charge in [0.25, 0.3) is 0 Å². The monoisotopic (exact) mass is 820 g/mol. The lowest BCUT2D eigenvalue weighted by atomic mass is 10.0. The zero-order valence-corrected chi connectivity index (χ0v) is 39.2. The van der Waals surface area contributed by atoms with Crippen molar-refractivity contribution < 1.29 is 24.5 Å². The number of unbranched alkanes of at least 4 members (excludes halogenated alkanes) is 33. The predicted molar refractivity (Wildman–Crippen MR) is 250 cm³/mol. The van der Waals surface area contributed by atoms with Gasteiger partial charge >= 0.3 is 5.97 Å². The number of allylic oxidation sites excluding steroid dienone is 2. The Morgan fingerprint density at radius 3 is 1.22 bits per heavy atom. The average Bonchev–Trinajstić information content (AvgIpc) is 3.22. The van der Waals surface area contributed by atoms with Crippen LogP contribution >= 0.6 is 0 Å². The van der Waals surface area contributed by atoms with Crippen LogP contribution in [0.1, 0.15) is 284 Å². The van der Waals surface area contributed by atoms with E-state index in [-0.39, 0.29) is 24.9 Å². The van der Waals surface area contributed by atoms with E-state index >= 15 is 0 Å². The first-order valence-corrected chi connectivity index (χ1v) is 25.9. The van der Waals surface area contributed by atoms with E-state index in [1.54, 1.807) is 0 Å². The van der Waals surface area contributed by atoms with Crippen LogP contribution in [0, 0.1) is 0 Å². The van der Waals surface area contributed by atoms with Crippen molar-refractivity contribution in [3.8, 4) is 0 Å². The molecule has 0 heterocycles. The third kappa shape index (κ3) is 41.3. The van der Waals surface area contributed by atoms with Crippen LogP contribution in [-0.2, 0) is 14.3 Å². The first-order chi connectivity index (χ1) is 28.5. The van der Waals surface area contributed by atoms with E-state index in [0.29, 0.717) is 19.3 Å². The van der Waals surface area contributed by atoms with Crippen LogP contribution in [0.25, 0.3) is 0 Å². The molecule has 344 valence electrons. The van der Waals surface area contributed by atoms with Gasteiger partial charge in [0.1, 0.15) is 6.10 Å². The van der Waals surface area contributed by atoms with Gasteiger partial charge in [-0.15, -0.1) is 0 Å². The fraction of sp³-hybridized carbons (Fsp3) is 0.923. The Morgan fingerprint density at radius 1 is 0.483 bits per heavy atom. The number of rotatable bonds is 47. The lowest BCUT2D eigenvalue weighted by Gasteiger charge is -2.24. The zero-order chi connectivity index (χ0) is 42.4. The van der Waals surface area contributed by atoms with Gasteiger partial charge in [0.2, 0.25) is 5.91 Å². The van der Waals surface area contributed by atoms with Crippen LogP contribution in [0.5, 0.6) is 0 Å². The van der Waals surface area contributed by atoms with Crippen molar-refractivity contribution >= 4 is 11.9 Å². The molecule has 3 atom stereocenters. The van der Waals surface area contributed by atoms with E-state index in [9.17, 15) is 19.8 Å². The summed E-state index contributed by atoms with van der Waals surface area (Å²) in [4.78, 5) is 26.1. The minimum absolute atomic E-state index is 0.0788. The molecule has 0 aromatic rings. The number of aliphatic hydroxyl groups excluding tert-OH is 2. The molecule has 0 bridgehead atoms. The van der Waals surface area contributed by atoms with Crippen molar-refractivity contribution in [2.24, 2.45) is 0 Å². The molecule has 6 nitrogen and oxygen atoms in total. The second-order valence-corrected chi connectivity index (χ2v) is 17.9. The van der Waals surface area contributed by atoms with Crippen molar-refractivity contribution in [3.63, 3.8) is 0 Å². The van der Waals surface area contributed by atoms with E-state index in [4.69, 9.17) is 4.74 Å². The Labute approximate surface area is 361 Å². The summed E-state index contributed by atoms with van der Waals surface area (Å²) in [7, 11) is 0. The molecule has 58 heavy (non-hydrogen) atoms. The number of esters is 1.